The first-order chi connectivity index (χ1) is 13.3. The van der Waals surface area contributed by atoms with Crippen molar-refractivity contribution in [2.24, 2.45) is 5.92 Å². The van der Waals surface area contributed by atoms with Crippen LogP contribution in [0.3, 0.4) is 0 Å². The smallest absolute Gasteiger partial charge is 0.183 e. The molecule has 1 saturated heterocycles. The minimum atomic E-state index is 0.261. The quantitative estimate of drug-likeness (QED) is 0.700. The lowest BCUT2D eigenvalue weighted by atomic mass is 10.2. The van der Waals surface area contributed by atoms with Crippen molar-refractivity contribution in [2.75, 3.05) is 37.7 Å². The van der Waals surface area contributed by atoms with Gasteiger partial charge >= 0.3 is 0 Å². The highest BCUT2D eigenvalue weighted by atomic mass is 16.5. The molecule has 0 aliphatic carbocycles. The largest absolute Gasteiger partial charge is 0.493 e. The molecule has 140 valence electrons. The van der Waals surface area contributed by atoms with Gasteiger partial charge in [-0.15, -0.1) is 0 Å². The van der Waals surface area contributed by atoms with Crippen molar-refractivity contribution in [3.63, 3.8) is 0 Å². The van der Waals surface area contributed by atoms with E-state index in [1.807, 2.05) is 36.4 Å². The lowest BCUT2D eigenvalue weighted by Gasteiger charge is -2.28. The van der Waals surface area contributed by atoms with Crippen molar-refractivity contribution in [2.45, 2.75) is 6.92 Å². The molecule has 0 spiro atoms. The van der Waals surface area contributed by atoms with Crippen LogP contribution in [0.25, 0.3) is 17.2 Å². The van der Waals surface area contributed by atoms with E-state index < -0.39 is 0 Å². The molecule has 0 radical (unpaired) electrons. The highest BCUT2D eigenvalue weighted by Gasteiger charge is 2.17. The van der Waals surface area contributed by atoms with Crippen LogP contribution in [0.5, 0.6) is 5.75 Å². The predicted molar refractivity (Wildman–Crippen MR) is 107 cm³/mol. The fraction of sp³-hybridized carbons (Fsp3) is 0.350. The summed E-state index contributed by atoms with van der Waals surface area (Å²) in [6.07, 6.45) is 5.67. The number of aromatic amines is 1. The molecule has 1 unspecified atom stereocenters. The van der Waals surface area contributed by atoms with Gasteiger partial charge in [-0.1, -0.05) is 31.2 Å². The van der Waals surface area contributed by atoms with Gasteiger partial charge in [0.25, 0.3) is 0 Å². The summed E-state index contributed by atoms with van der Waals surface area (Å²) in [6.45, 7) is 6.53. The van der Waals surface area contributed by atoms with Gasteiger partial charge in [-0.05, 0) is 18.2 Å². The van der Waals surface area contributed by atoms with Crippen molar-refractivity contribution >= 4 is 23.1 Å². The number of nitrogens with one attached hydrogen (secondary N) is 2. The second kappa shape index (κ2) is 8.18. The SMILES string of the molecule is CC(/C=C/c1nc2ncnc(N3CCNCC3)c2[nH]1)COc1ccccc1. The summed E-state index contributed by atoms with van der Waals surface area (Å²) >= 11 is 0. The van der Waals surface area contributed by atoms with Gasteiger partial charge in [0.1, 0.15) is 23.4 Å². The van der Waals surface area contributed by atoms with Gasteiger partial charge in [-0.3, -0.25) is 0 Å². The maximum atomic E-state index is 5.80. The summed E-state index contributed by atoms with van der Waals surface area (Å²) in [7, 11) is 0. The lowest BCUT2D eigenvalue weighted by Crippen LogP contribution is -2.44. The maximum absolute atomic E-state index is 5.80. The molecule has 1 fully saturated rings. The highest BCUT2D eigenvalue weighted by Crippen LogP contribution is 2.21. The van der Waals surface area contributed by atoms with Crippen LogP contribution in [0.1, 0.15) is 12.7 Å². The predicted octanol–water partition coefficient (Wildman–Crippen LogP) is 2.49. The normalized spacial score (nSPS) is 16.1. The van der Waals surface area contributed by atoms with E-state index in [4.69, 9.17) is 4.74 Å². The average Bonchev–Trinajstić information content (AvgIpc) is 3.15. The lowest BCUT2D eigenvalue weighted by molar-refractivity contribution is 0.285. The Kier molecular flexibility index (Phi) is 5.29. The van der Waals surface area contributed by atoms with Crippen LogP contribution in [0.2, 0.25) is 0 Å². The number of H-pyrrole nitrogens is 1. The topological polar surface area (TPSA) is 79.0 Å². The van der Waals surface area contributed by atoms with Gasteiger partial charge in [0, 0.05) is 32.1 Å². The minimum Gasteiger partial charge on any atom is -0.493 e. The summed E-state index contributed by atoms with van der Waals surface area (Å²) in [6, 6.07) is 9.86. The molecule has 0 saturated carbocycles. The molecule has 0 bridgehead atoms. The van der Waals surface area contributed by atoms with Crippen molar-refractivity contribution in [1.29, 1.82) is 0 Å². The third-order valence-electron chi connectivity index (χ3n) is 4.54. The Balaban J connectivity index is 1.45. The zero-order valence-corrected chi connectivity index (χ0v) is 15.4. The van der Waals surface area contributed by atoms with E-state index in [0.29, 0.717) is 12.3 Å². The van der Waals surface area contributed by atoms with E-state index in [0.717, 1.165) is 49.1 Å². The van der Waals surface area contributed by atoms with Crippen LogP contribution in [-0.2, 0) is 0 Å². The standard InChI is InChI=1S/C20H24N6O/c1-15(13-27-16-5-3-2-4-6-16)7-8-17-24-18-19(25-17)22-14-23-20(18)26-11-9-21-10-12-26/h2-8,14-15,21H,9-13H2,1H3,(H,22,23,24,25)/b8-7+. The Morgan fingerprint density at radius 3 is 2.81 bits per heavy atom. The number of ether oxygens (including phenoxy) is 1. The third-order valence-corrected chi connectivity index (χ3v) is 4.54. The van der Waals surface area contributed by atoms with Gasteiger partial charge in [0.05, 0.1) is 6.61 Å². The molecule has 1 aromatic carbocycles. The maximum Gasteiger partial charge on any atom is 0.183 e. The van der Waals surface area contributed by atoms with E-state index in [2.05, 4.69) is 43.2 Å². The molecule has 3 heterocycles. The van der Waals surface area contributed by atoms with Crippen molar-refractivity contribution < 1.29 is 4.74 Å². The number of piperazine rings is 1. The number of nitrogens with zero attached hydrogens (tertiary/aromatic N) is 4. The monoisotopic (exact) mass is 364 g/mol. The molecule has 0 amide bonds. The van der Waals surface area contributed by atoms with E-state index >= 15 is 0 Å². The Morgan fingerprint density at radius 2 is 2.00 bits per heavy atom. The van der Waals surface area contributed by atoms with Gasteiger partial charge in [0.2, 0.25) is 0 Å². The van der Waals surface area contributed by atoms with Crippen molar-refractivity contribution in [3.8, 4) is 5.75 Å². The minimum absolute atomic E-state index is 0.261. The van der Waals surface area contributed by atoms with Gasteiger partial charge in [-0.25, -0.2) is 15.0 Å². The summed E-state index contributed by atoms with van der Waals surface area (Å²) in [5.41, 5.74) is 1.60. The van der Waals surface area contributed by atoms with Crippen LogP contribution < -0.4 is 15.0 Å². The van der Waals surface area contributed by atoms with Gasteiger partial charge in [-0.2, -0.15) is 0 Å². The molecule has 1 atom stereocenters. The first-order valence-corrected chi connectivity index (χ1v) is 9.32. The molecule has 27 heavy (non-hydrogen) atoms. The summed E-state index contributed by atoms with van der Waals surface area (Å²) in [5, 5.41) is 3.36. The molecule has 7 nitrogen and oxygen atoms in total. The molecule has 1 aliphatic heterocycles. The molecule has 2 N–H and O–H groups in total. The molecule has 2 aromatic heterocycles. The van der Waals surface area contributed by atoms with Gasteiger partial charge in [0.15, 0.2) is 11.5 Å². The number of para-hydroxylation sites is 1. The molecule has 3 aromatic rings. The first kappa shape index (κ1) is 17.5. The van der Waals surface area contributed by atoms with E-state index in [9.17, 15) is 0 Å². The second-order valence-corrected chi connectivity index (χ2v) is 6.72. The molecular formula is C20H24N6O. The number of benzene rings is 1. The fourth-order valence-corrected chi connectivity index (χ4v) is 3.08. The number of hydrogen-bond donors (Lipinski definition) is 2. The Hall–Kier alpha value is -2.93. The number of rotatable bonds is 6. The zero-order chi connectivity index (χ0) is 18.5. The van der Waals surface area contributed by atoms with Crippen LogP contribution >= 0.6 is 0 Å². The zero-order valence-electron chi connectivity index (χ0n) is 15.4. The Bertz CT molecular complexity index is 901. The number of imidazole rings is 1. The first-order valence-electron chi connectivity index (χ1n) is 9.32. The number of anilines is 1. The summed E-state index contributed by atoms with van der Waals surface area (Å²) < 4.78 is 5.80. The van der Waals surface area contributed by atoms with E-state index in [1.165, 1.54) is 0 Å². The molecule has 7 heteroatoms. The number of aromatic nitrogens is 4. The Labute approximate surface area is 158 Å². The Morgan fingerprint density at radius 1 is 1.19 bits per heavy atom. The van der Waals surface area contributed by atoms with Crippen LogP contribution in [0, 0.1) is 5.92 Å². The van der Waals surface area contributed by atoms with Crippen LogP contribution in [-0.4, -0.2) is 52.7 Å². The number of hydrogen-bond acceptors (Lipinski definition) is 6. The fourth-order valence-electron chi connectivity index (χ4n) is 3.08. The molecular weight excluding hydrogens is 340 g/mol. The molecule has 1 aliphatic rings. The highest BCUT2D eigenvalue weighted by molar-refractivity contribution is 5.84. The van der Waals surface area contributed by atoms with Crippen LogP contribution in [0.4, 0.5) is 5.82 Å². The summed E-state index contributed by atoms with van der Waals surface area (Å²) in [5.74, 6) is 2.86. The van der Waals surface area contributed by atoms with Crippen molar-refractivity contribution in [3.05, 3.63) is 48.6 Å². The summed E-state index contributed by atoms with van der Waals surface area (Å²) in [4.78, 5) is 19.0. The van der Waals surface area contributed by atoms with Gasteiger partial charge < -0.3 is 19.9 Å². The third kappa shape index (κ3) is 4.25. The second-order valence-electron chi connectivity index (χ2n) is 6.72. The average molecular weight is 364 g/mol. The van der Waals surface area contributed by atoms with Crippen LogP contribution in [0.15, 0.2) is 42.7 Å². The van der Waals surface area contributed by atoms with E-state index in [1.54, 1.807) is 6.33 Å². The molecule has 4 rings (SSSR count). The number of fused-ring (bicyclic) bond motifs is 1. The van der Waals surface area contributed by atoms with Crippen molar-refractivity contribution in [1.82, 2.24) is 25.3 Å². The van der Waals surface area contributed by atoms with E-state index in [-0.39, 0.29) is 5.92 Å².